The molecular formula is C28H54O6. The Morgan fingerprint density at radius 1 is 0.882 bits per heavy atom. The topological polar surface area (TPSA) is 88.4 Å². The number of hydrogen-bond donors (Lipinski definition) is 3. The second-order valence-corrected chi connectivity index (χ2v) is 9.92. The third-order valence-corrected chi connectivity index (χ3v) is 7.22. The van der Waals surface area contributed by atoms with Gasteiger partial charge in [0.1, 0.15) is 30.2 Å². The molecule has 0 aromatic heterocycles. The number of unbranched alkanes of at least 4 members (excludes halogenated alkanes) is 7. The van der Waals surface area contributed by atoms with Gasteiger partial charge in [-0.15, -0.1) is 0 Å². The van der Waals surface area contributed by atoms with Gasteiger partial charge in [-0.25, -0.2) is 0 Å². The van der Waals surface area contributed by atoms with Crippen LogP contribution in [0.3, 0.4) is 0 Å². The lowest BCUT2D eigenvalue weighted by Crippen LogP contribution is -2.62. The molecule has 0 aromatic rings. The molecule has 0 aliphatic carbocycles. The Hall–Kier alpha value is -0.820. The normalized spacial score (nSPS) is 26.9. The molecule has 0 radical (unpaired) electrons. The summed E-state index contributed by atoms with van der Waals surface area (Å²) in [6, 6.07) is 0. The standard InChI is InChI=1S/C28H54O6/c1-6-11-12-13-14-15-16-17-20-32-28(10-5,19-8-3)27-25(31)24(30)26(23(21-29)34-27)33-22(9-4)18-7-2/h21-22,24-27,29-31H,6-20H2,1-5H3/b23-21-/t22?,24-,25-,26-,27?,28?/m1/s1. The lowest BCUT2D eigenvalue weighted by atomic mass is 9.81. The summed E-state index contributed by atoms with van der Waals surface area (Å²) >= 11 is 0. The Bertz CT molecular complexity index is 539. The van der Waals surface area contributed by atoms with Crippen molar-refractivity contribution >= 4 is 0 Å². The third kappa shape index (κ3) is 9.33. The van der Waals surface area contributed by atoms with Crippen molar-refractivity contribution < 1.29 is 29.5 Å². The number of ether oxygens (including phenoxy) is 3. The van der Waals surface area contributed by atoms with Gasteiger partial charge in [-0.3, -0.25) is 0 Å². The fraction of sp³-hybridized carbons (Fsp3) is 0.929. The van der Waals surface area contributed by atoms with E-state index in [0.29, 0.717) is 19.4 Å². The predicted molar refractivity (Wildman–Crippen MR) is 138 cm³/mol. The molecule has 1 rings (SSSR count). The Kier molecular flexibility index (Phi) is 16.1. The maximum absolute atomic E-state index is 11.1. The van der Waals surface area contributed by atoms with Crippen molar-refractivity contribution in [1.29, 1.82) is 0 Å². The summed E-state index contributed by atoms with van der Waals surface area (Å²) in [6.45, 7) is 11.1. The molecule has 1 saturated heterocycles. The van der Waals surface area contributed by atoms with Crippen LogP contribution in [-0.2, 0) is 14.2 Å². The van der Waals surface area contributed by atoms with Gasteiger partial charge in [0.15, 0.2) is 11.9 Å². The molecule has 0 bridgehead atoms. The fourth-order valence-corrected chi connectivity index (χ4v) is 5.09. The van der Waals surface area contributed by atoms with Crippen LogP contribution < -0.4 is 0 Å². The van der Waals surface area contributed by atoms with Crippen LogP contribution in [0.25, 0.3) is 0 Å². The first-order valence-corrected chi connectivity index (χ1v) is 14.1. The lowest BCUT2D eigenvalue weighted by Gasteiger charge is -2.48. The summed E-state index contributed by atoms with van der Waals surface area (Å²) in [7, 11) is 0. The molecule has 0 amide bonds. The Labute approximate surface area is 209 Å². The van der Waals surface area contributed by atoms with E-state index in [2.05, 4.69) is 20.8 Å². The number of aliphatic hydroxyl groups excluding tert-OH is 3. The van der Waals surface area contributed by atoms with Crippen LogP contribution in [-0.4, -0.2) is 58.0 Å². The SMILES string of the molecule is CCCCCCCCCCOC(CC)(CCC)C1O/C(=C\O)[C@@H](OC(CC)CCC)[C@H](O)[C@H]1O. The molecule has 1 heterocycles. The van der Waals surface area contributed by atoms with E-state index in [9.17, 15) is 15.3 Å². The molecule has 6 atom stereocenters. The molecular weight excluding hydrogens is 432 g/mol. The van der Waals surface area contributed by atoms with E-state index >= 15 is 0 Å². The molecule has 3 N–H and O–H groups in total. The van der Waals surface area contributed by atoms with E-state index in [0.717, 1.165) is 44.8 Å². The van der Waals surface area contributed by atoms with E-state index < -0.39 is 30.0 Å². The second kappa shape index (κ2) is 17.6. The molecule has 202 valence electrons. The smallest absolute Gasteiger partial charge is 0.162 e. The van der Waals surface area contributed by atoms with Gasteiger partial charge < -0.3 is 29.5 Å². The van der Waals surface area contributed by atoms with E-state index in [4.69, 9.17) is 14.2 Å². The molecule has 3 unspecified atom stereocenters. The monoisotopic (exact) mass is 486 g/mol. The zero-order chi connectivity index (χ0) is 25.4. The highest BCUT2D eigenvalue weighted by atomic mass is 16.6. The quantitative estimate of drug-likeness (QED) is 0.141. The van der Waals surface area contributed by atoms with Crippen LogP contribution in [0, 0.1) is 0 Å². The fourth-order valence-electron chi connectivity index (χ4n) is 5.09. The van der Waals surface area contributed by atoms with Crippen LogP contribution in [0.15, 0.2) is 12.0 Å². The first-order chi connectivity index (χ1) is 16.4. The summed E-state index contributed by atoms with van der Waals surface area (Å²) in [5.74, 6) is 0.168. The van der Waals surface area contributed by atoms with E-state index in [1.807, 2.05) is 13.8 Å². The van der Waals surface area contributed by atoms with Crippen LogP contribution in [0.5, 0.6) is 0 Å². The minimum absolute atomic E-state index is 0.0725. The third-order valence-electron chi connectivity index (χ3n) is 7.22. The first kappa shape index (κ1) is 31.2. The molecule has 1 aliphatic heterocycles. The van der Waals surface area contributed by atoms with Gasteiger partial charge in [0, 0.05) is 6.61 Å². The van der Waals surface area contributed by atoms with Crippen molar-refractivity contribution in [2.75, 3.05) is 6.61 Å². The van der Waals surface area contributed by atoms with Crippen LogP contribution >= 0.6 is 0 Å². The summed E-state index contributed by atoms with van der Waals surface area (Å²) in [6.07, 6.45) is 11.4. The minimum atomic E-state index is -1.20. The van der Waals surface area contributed by atoms with Gasteiger partial charge in [-0.05, 0) is 32.1 Å². The van der Waals surface area contributed by atoms with Crippen molar-refractivity contribution in [3.8, 4) is 0 Å². The average Bonchev–Trinajstić information content (AvgIpc) is 2.84. The molecule has 0 spiro atoms. The van der Waals surface area contributed by atoms with Crippen molar-refractivity contribution in [3.05, 3.63) is 12.0 Å². The highest BCUT2D eigenvalue weighted by molar-refractivity contribution is 5.12. The van der Waals surface area contributed by atoms with E-state index in [-0.39, 0.29) is 11.9 Å². The lowest BCUT2D eigenvalue weighted by molar-refractivity contribution is -0.241. The van der Waals surface area contributed by atoms with Crippen LogP contribution in [0.1, 0.15) is 125 Å². The molecule has 34 heavy (non-hydrogen) atoms. The second-order valence-electron chi connectivity index (χ2n) is 9.92. The highest BCUT2D eigenvalue weighted by Gasteiger charge is 2.53. The molecule has 0 aromatic carbocycles. The summed E-state index contributed by atoms with van der Waals surface area (Å²) < 4.78 is 18.7. The van der Waals surface area contributed by atoms with Crippen LogP contribution in [0.4, 0.5) is 0 Å². The predicted octanol–water partition coefficient (Wildman–Crippen LogP) is 6.58. The van der Waals surface area contributed by atoms with Gasteiger partial charge >= 0.3 is 0 Å². The average molecular weight is 487 g/mol. The van der Waals surface area contributed by atoms with Crippen molar-refractivity contribution in [2.24, 2.45) is 0 Å². The zero-order valence-corrected chi connectivity index (χ0v) is 22.6. The van der Waals surface area contributed by atoms with Crippen LogP contribution in [0.2, 0.25) is 0 Å². The number of rotatable bonds is 19. The first-order valence-electron chi connectivity index (χ1n) is 14.1. The zero-order valence-electron chi connectivity index (χ0n) is 22.6. The number of aliphatic hydroxyl groups is 3. The maximum atomic E-state index is 11.1. The maximum Gasteiger partial charge on any atom is 0.162 e. The summed E-state index contributed by atoms with van der Waals surface area (Å²) in [4.78, 5) is 0. The molecule has 0 saturated carbocycles. The summed E-state index contributed by atoms with van der Waals surface area (Å²) in [5, 5.41) is 32.1. The van der Waals surface area contributed by atoms with Crippen molar-refractivity contribution in [1.82, 2.24) is 0 Å². The van der Waals surface area contributed by atoms with Gasteiger partial charge in [0.05, 0.1) is 6.10 Å². The molecule has 1 fully saturated rings. The van der Waals surface area contributed by atoms with E-state index in [1.54, 1.807) is 0 Å². The van der Waals surface area contributed by atoms with Crippen molar-refractivity contribution in [3.63, 3.8) is 0 Å². The number of hydrogen-bond acceptors (Lipinski definition) is 6. The van der Waals surface area contributed by atoms with Crippen molar-refractivity contribution in [2.45, 2.75) is 161 Å². The Morgan fingerprint density at radius 3 is 2.06 bits per heavy atom. The van der Waals surface area contributed by atoms with E-state index in [1.165, 1.54) is 38.5 Å². The Balaban J connectivity index is 2.81. The highest BCUT2D eigenvalue weighted by Crippen LogP contribution is 2.39. The minimum Gasteiger partial charge on any atom is -0.512 e. The van der Waals surface area contributed by atoms with Gasteiger partial charge in [-0.1, -0.05) is 92.4 Å². The largest absolute Gasteiger partial charge is 0.512 e. The van der Waals surface area contributed by atoms with Gasteiger partial charge in [0.2, 0.25) is 0 Å². The molecule has 1 aliphatic rings. The molecule has 6 nitrogen and oxygen atoms in total. The molecule has 6 heteroatoms. The van der Waals surface area contributed by atoms with Gasteiger partial charge in [-0.2, -0.15) is 0 Å². The summed E-state index contributed by atoms with van der Waals surface area (Å²) in [5.41, 5.74) is -0.733. The van der Waals surface area contributed by atoms with Gasteiger partial charge in [0.25, 0.3) is 0 Å². The Morgan fingerprint density at radius 2 is 1.53 bits per heavy atom.